The quantitative estimate of drug-likeness (QED) is 0.321. The van der Waals surface area contributed by atoms with Crippen LogP contribution in [0.1, 0.15) is 18.4 Å². The van der Waals surface area contributed by atoms with Crippen LogP contribution in [0.15, 0.2) is 65.2 Å². The molecule has 1 heterocycles. The highest BCUT2D eigenvalue weighted by atomic mass is 79.9. The van der Waals surface area contributed by atoms with Gasteiger partial charge in [-0.15, -0.1) is 0 Å². The van der Waals surface area contributed by atoms with Crippen LogP contribution in [0.3, 0.4) is 0 Å². The number of esters is 1. The Morgan fingerprint density at radius 2 is 1.71 bits per heavy atom. The summed E-state index contributed by atoms with van der Waals surface area (Å²) in [5.74, 6) is -3.08. The smallest absolute Gasteiger partial charge is 0.330 e. The predicted molar refractivity (Wildman–Crippen MR) is 130 cm³/mol. The minimum Gasteiger partial charge on any atom is -0.454 e. The average Bonchev–Trinajstić information content (AvgIpc) is 3.08. The summed E-state index contributed by atoms with van der Waals surface area (Å²) in [4.78, 5) is 52.7. The first-order chi connectivity index (χ1) is 16.3. The Morgan fingerprint density at radius 1 is 1.06 bits per heavy atom. The third-order valence-electron chi connectivity index (χ3n) is 5.95. The second kappa shape index (κ2) is 10.5. The van der Waals surface area contributed by atoms with Crippen molar-refractivity contribution in [1.29, 1.82) is 0 Å². The fraction of sp³-hybridized carbons (Fsp3) is 0.280. The molecule has 3 amide bonds. The van der Waals surface area contributed by atoms with Crippen LogP contribution in [0.4, 0.5) is 5.69 Å². The molecule has 0 radical (unpaired) electrons. The molecule has 2 aliphatic rings. The molecule has 1 aliphatic heterocycles. The van der Waals surface area contributed by atoms with E-state index in [1.165, 1.54) is 0 Å². The minimum atomic E-state index is -1.16. The first-order valence-corrected chi connectivity index (χ1v) is 12.0. The van der Waals surface area contributed by atoms with Crippen molar-refractivity contribution in [2.24, 2.45) is 11.8 Å². The lowest BCUT2D eigenvalue weighted by atomic mass is 9.85. The number of nitrogens with one attached hydrogen (secondary N) is 1. The van der Waals surface area contributed by atoms with Gasteiger partial charge in [0.05, 0.1) is 22.5 Å². The molecule has 0 bridgehead atoms. The third-order valence-corrected chi connectivity index (χ3v) is 6.75. The van der Waals surface area contributed by atoms with Crippen molar-refractivity contribution in [2.45, 2.75) is 25.3 Å². The van der Waals surface area contributed by atoms with Gasteiger partial charge in [0, 0.05) is 10.9 Å². The number of anilines is 1. The molecular formula is C25H22BrClN2O5. The summed E-state index contributed by atoms with van der Waals surface area (Å²) < 4.78 is 6.02. The molecule has 1 aliphatic carbocycles. The number of carbonyl (C=O) groups is 4. The number of hydrogen-bond donors (Lipinski definition) is 1. The van der Waals surface area contributed by atoms with Gasteiger partial charge < -0.3 is 10.1 Å². The summed E-state index contributed by atoms with van der Waals surface area (Å²) in [5.41, 5.74) is 1.14. The van der Waals surface area contributed by atoms with E-state index in [1.54, 1.807) is 18.2 Å². The van der Waals surface area contributed by atoms with E-state index in [9.17, 15) is 19.2 Å². The van der Waals surface area contributed by atoms with Gasteiger partial charge in [-0.05, 0) is 36.6 Å². The van der Waals surface area contributed by atoms with Crippen LogP contribution in [-0.2, 0) is 30.3 Å². The van der Waals surface area contributed by atoms with E-state index < -0.39 is 36.4 Å². The van der Waals surface area contributed by atoms with Crippen LogP contribution in [0.2, 0.25) is 5.02 Å². The topological polar surface area (TPSA) is 92.8 Å². The molecule has 1 N–H and O–H groups in total. The number of amides is 3. The van der Waals surface area contributed by atoms with Gasteiger partial charge in [-0.2, -0.15) is 0 Å². The maximum atomic E-state index is 13.1. The number of halogens is 2. The molecule has 2 aromatic rings. The Morgan fingerprint density at radius 3 is 2.32 bits per heavy atom. The number of fused-ring (bicyclic) bond motifs is 1. The highest BCUT2D eigenvalue weighted by Crippen LogP contribution is 2.37. The van der Waals surface area contributed by atoms with E-state index in [2.05, 4.69) is 21.2 Å². The first kappa shape index (κ1) is 24.2. The lowest BCUT2D eigenvalue weighted by Gasteiger charge is -2.25. The summed E-state index contributed by atoms with van der Waals surface area (Å²) in [7, 11) is 0. The molecular weight excluding hydrogens is 524 g/mol. The molecule has 3 atom stereocenters. The number of hydrogen-bond acceptors (Lipinski definition) is 5. The Bertz CT molecular complexity index is 1130. The number of ether oxygens (including phenoxy) is 1. The summed E-state index contributed by atoms with van der Waals surface area (Å²) in [5, 5.41) is 2.90. The molecule has 4 rings (SSSR count). The van der Waals surface area contributed by atoms with Crippen molar-refractivity contribution < 1.29 is 23.9 Å². The molecule has 9 heteroatoms. The van der Waals surface area contributed by atoms with Gasteiger partial charge in [0.15, 0.2) is 6.61 Å². The van der Waals surface area contributed by atoms with Crippen molar-refractivity contribution in [3.05, 3.63) is 75.7 Å². The Hall–Kier alpha value is -2.97. The molecule has 1 fully saturated rings. The molecule has 0 aromatic heterocycles. The summed E-state index contributed by atoms with van der Waals surface area (Å²) in [6.45, 7) is -0.582. The van der Waals surface area contributed by atoms with Gasteiger partial charge in [-0.3, -0.25) is 19.3 Å². The first-order valence-electron chi connectivity index (χ1n) is 10.8. The zero-order valence-electron chi connectivity index (χ0n) is 18.1. The number of likely N-dealkylation sites (tertiary alicyclic amines) is 1. The van der Waals surface area contributed by atoms with Gasteiger partial charge in [0.25, 0.3) is 5.91 Å². The maximum absolute atomic E-state index is 13.1. The number of carbonyl (C=O) groups excluding carboxylic acids is 4. The standard InChI is InChI=1S/C25H22BrClN2O5/c26-16-10-11-20(19(27)13-16)28-22(30)14-34-25(33)21(12-15-6-2-1-3-7-15)29-23(31)17-8-4-5-9-18(17)24(29)32/h1-7,10-11,13,17-18,21H,8-9,12,14H2,(H,28,30)/t17-,18+,21-/m0/s1. The predicted octanol–water partition coefficient (Wildman–Crippen LogP) is 4.15. The monoisotopic (exact) mass is 544 g/mol. The Kier molecular flexibility index (Phi) is 7.48. The molecule has 0 spiro atoms. The lowest BCUT2D eigenvalue weighted by molar-refractivity contribution is -0.159. The van der Waals surface area contributed by atoms with Gasteiger partial charge in [-0.1, -0.05) is 70.0 Å². The SMILES string of the molecule is O=C(COC(=O)[C@H](Cc1ccccc1)N1C(=O)[C@H]2CC=CC[C@H]2C1=O)Nc1ccc(Br)cc1Cl. The van der Waals surface area contributed by atoms with Crippen molar-refractivity contribution in [3.63, 3.8) is 0 Å². The van der Waals surface area contributed by atoms with Crippen molar-refractivity contribution in [1.82, 2.24) is 4.90 Å². The zero-order valence-corrected chi connectivity index (χ0v) is 20.4. The van der Waals surface area contributed by atoms with E-state index in [0.717, 1.165) is 14.9 Å². The highest BCUT2D eigenvalue weighted by Gasteiger charge is 2.51. The number of imide groups is 1. The van der Waals surface area contributed by atoms with E-state index >= 15 is 0 Å². The second-order valence-electron chi connectivity index (χ2n) is 8.19. The van der Waals surface area contributed by atoms with Crippen LogP contribution >= 0.6 is 27.5 Å². The van der Waals surface area contributed by atoms with Gasteiger partial charge in [0.1, 0.15) is 6.04 Å². The molecule has 34 heavy (non-hydrogen) atoms. The fourth-order valence-corrected chi connectivity index (χ4v) is 4.98. The maximum Gasteiger partial charge on any atom is 0.330 e. The van der Waals surface area contributed by atoms with Gasteiger partial charge in [-0.25, -0.2) is 4.79 Å². The van der Waals surface area contributed by atoms with E-state index in [4.69, 9.17) is 16.3 Å². The Labute approximate surface area is 210 Å². The average molecular weight is 546 g/mol. The molecule has 2 aromatic carbocycles. The van der Waals surface area contributed by atoms with E-state index in [-0.39, 0.29) is 18.2 Å². The summed E-state index contributed by atoms with van der Waals surface area (Å²) >= 11 is 9.41. The van der Waals surface area contributed by atoms with E-state index in [1.807, 2.05) is 42.5 Å². The largest absolute Gasteiger partial charge is 0.454 e. The van der Waals surface area contributed by atoms with Crippen LogP contribution in [0.5, 0.6) is 0 Å². The number of allylic oxidation sites excluding steroid dienone is 2. The molecule has 1 saturated heterocycles. The van der Waals surface area contributed by atoms with Gasteiger partial charge in [0.2, 0.25) is 11.8 Å². The van der Waals surface area contributed by atoms with E-state index in [0.29, 0.717) is 23.6 Å². The highest BCUT2D eigenvalue weighted by molar-refractivity contribution is 9.10. The number of rotatable bonds is 7. The van der Waals surface area contributed by atoms with Crippen LogP contribution < -0.4 is 5.32 Å². The Balaban J connectivity index is 1.48. The number of benzene rings is 2. The normalized spacial score (nSPS) is 20.1. The summed E-state index contributed by atoms with van der Waals surface area (Å²) in [6, 6.07) is 12.9. The third kappa shape index (κ3) is 5.23. The second-order valence-corrected chi connectivity index (χ2v) is 9.51. The minimum absolute atomic E-state index is 0.101. The zero-order chi connectivity index (χ0) is 24.2. The number of nitrogens with zero attached hydrogens (tertiary/aromatic N) is 1. The fourth-order valence-electron chi connectivity index (χ4n) is 4.26. The molecule has 7 nitrogen and oxygen atoms in total. The van der Waals surface area contributed by atoms with Crippen molar-refractivity contribution in [3.8, 4) is 0 Å². The molecule has 0 saturated carbocycles. The molecule has 176 valence electrons. The van der Waals surface area contributed by atoms with Crippen LogP contribution in [0.25, 0.3) is 0 Å². The van der Waals surface area contributed by atoms with Crippen molar-refractivity contribution in [2.75, 3.05) is 11.9 Å². The van der Waals surface area contributed by atoms with Crippen LogP contribution in [-0.4, -0.2) is 41.2 Å². The van der Waals surface area contributed by atoms with Crippen molar-refractivity contribution >= 4 is 56.9 Å². The molecule has 0 unspecified atom stereocenters. The van der Waals surface area contributed by atoms with Crippen LogP contribution in [0, 0.1) is 11.8 Å². The van der Waals surface area contributed by atoms with Gasteiger partial charge >= 0.3 is 5.97 Å². The lowest BCUT2D eigenvalue weighted by Crippen LogP contribution is -2.48. The summed E-state index contributed by atoms with van der Waals surface area (Å²) in [6.07, 6.45) is 4.81.